The van der Waals surface area contributed by atoms with Crippen LogP contribution in [0.5, 0.6) is 0 Å². The van der Waals surface area contributed by atoms with Crippen LogP contribution in [0.15, 0.2) is 12.7 Å². The Hall–Kier alpha value is -0.790. The summed E-state index contributed by atoms with van der Waals surface area (Å²) < 4.78 is 0. The fraction of sp³-hybridized carbons (Fsp3) is 0.786. The van der Waals surface area contributed by atoms with E-state index in [9.17, 15) is 4.79 Å². The maximum atomic E-state index is 11.8. The summed E-state index contributed by atoms with van der Waals surface area (Å²) in [6.07, 6.45) is 6.21. The Morgan fingerprint density at radius 3 is 2.31 bits per heavy atom. The van der Waals surface area contributed by atoms with E-state index in [4.69, 9.17) is 0 Å². The van der Waals surface area contributed by atoms with Crippen molar-refractivity contribution in [3.05, 3.63) is 12.7 Å². The quantitative estimate of drug-likeness (QED) is 0.732. The summed E-state index contributed by atoms with van der Waals surface area (Å²) in [4.78, 5) is 11.8. The first-order valence-corrected chi connectivity index (χ1v) is 6.33. The fourth-order valence-electron chi connectivity index (χ4n) is 2.54. The Kier molecular flexibility index (Phi) is 4.57. The Morgan fingerprint density at radius 1 is 1.31 bits per heavy atom. The number of nitrogens with one attached hydrogen (secondary N) is 1. The van der Waals surface area contributed by atoms with Gasteiger partial charge in [0.05, 0.1) is 0 Å². The molecule has 0 unspecified atom stereocenters. The number of carbonyl (C=O) groups is 1. The third kappa shape index (κ3) is 3.66. The zero-order chi connectivity index (χ0) is 12.2. The maximum absolute atomic E-state index is 11.8. The summed E-state index contributed by atoms with van der Waals surface area (Å²) in [5.74, 6) is 1.22. The van der Waals surface area contributed by atoms with Gasteiger partial charge in [-0.2, -0.15) is 0 Å². The smallest absolute Gasteiger partial charge is 0.223 e. The lowest BCUT2D eigenvalue weighted by atomic mass is 9.70. The van der Waals surface area contributed by atoms with Gasteiger partial charge in [0, 0.05) is 12.5 Å². The summed E-state index contributed by atoms with van der Waals surface area (Å²) in [5.41, 5.74) is 0.391. The highest BCUT2D eigenvalue weighted by atomic mass is 16.1. The first-order chi connectivity index (χ1) is 7.45. The molecule has 1 amide bonds. The summed E-state index contributed by atoms with van der Waals surface area (Å²) >= 11 is 0. The van der Waals surface area contributed by atoms with Crippen LogP contribution in [-0.4, -0.2) is 12.5 Å². The lowest BCUT2D eigenvalue weighted by Gasteiger charge is -2.36. The van der Waals surface area contributed by atoms with Crippen molar-refractivity contribution in [2.45, 2.75) is 46.5 Å². The van der Waals surface area contributed by atoms with Crippen molar-refractivity contribution < 1.29 is 4.79 Å². The maximum Gasteiger partial charge on any atom is 0.223 e. The van der Waals surface area contributed by atoms with Crippen molar-refractivity contribution in [3.8, 4) is 0 Å². The lowest BCUT2D eigenvalue weighted by molar-refractivity contribution is -0.126. The van der Waals surface area contributed by atoms with Gasteiger partial charge in [0.25, 0.3) is 0 Å². The van der Waals surface area contributed by atoms with Crippen molar-refractivity contribution in [2.24, 2.45) is 17.3 Å². The largest absolute Gasteiger partial charge is 0.352 e. The standard InChI is InChI=1S/C14H25NO/c1-5-10-15-13(16)11-6-8-12(9-7-11)14(2,3)4/h5,11-12H,1,6-10H2,2-4H3,(H,15,16). The minimum atomic E-state index is 0.215. The number of hydrogen-bond donors (Lipinski definition) is 1. The first-order valence-electron chi connectivity index (χ1n) is 6.33. The van der Waals surface area contributed by atoms with E-state index in [-0.39, 0.29) is 11.8 Å². The molecule has 0 aromatic carbocycles. The third-order valence-electron chi connectivity index (χ3n) is 3.74. The Bertz CT molecular complexity index is 244. The second-order valence-electron chi connectivity index (χ2n) is 5.95. The van der Waals surface area contributed by atoms with Gasteiger partial charge in [-0.3, -0.25) is 4.79 Å². The Balaban J connectivity index is 2.37. The number of amides is 1. The molecule has 0 aromatic rings. The molecule has 0 aliphatic heterocycles. The van der Waals surface area contributed by atoms with Crippen LogP contribution in [0.4, 0.5) is 0 Å². The van der Waals surface area contributed by atoms with E-state index in [1.54, 1.807) is 6.08 Å². The zero-order valence-corrected chi connectivity index (χ0v) is 10.9. The van der Waals surface area contributed by atoms with Crippen LogP contribution in [0.25, 0.3) is 0 Å². The summed E-state index contributed by atoms with van der Waals surface area (Å²) in [6.45, 7) is 11.1. The van der Waals surface area contributed by atoms with Gasteiger partial charge >= 0.3 is 0 Å². The predicted molar refractivity (Wildman–Crippen MR) is 68.1 cm³/mol. The molecule has 1 saturated carbocycles. The SMILES string of the molecule is C=CCNC(=O)C1CCC(C(C)(C)C)CC1. The van der Waals surface area contributed by atoms with Gasteiger partial charge in [0.15, 0.2) is 0 Å². The summed E-state index contributed by atoms with van der Waals surface area (Å²) in [7, 11) is 0. The molecule has 0 saturated heterocycles. The topological polar surface area (TPSA) is 29.1 Å². The van der Waals surface area contributed by atoms with E-state index in [0.717, 1.165) is 18.8 Å². The minimum Gasteiger partial charge on any atom is -0.352 e. The monoisotopic (exact) mass is 223 g/mol. The third-order valence-corrected chi connectivity index (χ3v) is 3.74. The minimum absolute atomic E-state index is 0.215. The highest BCUT2D eigenvalue weighted by Crippen LogP contribution is 2.39. The highest BCUT2D eigenvalue weighted by molar-refractivity contribution is 5.78. The van der Waals surface area contributed by atoms with Crippen LogP contribution >= 0.6 is 0 Å². The molecule has 0 radical (unpaired) electrons. The second-order valence-corrected chi connectivity index (χ2v) is 5.95. The molecule has 0 spiro atoms. The van der Waals surface area contributed by atoms with Crippen molar-refractivity contribution in [2.75, 3.05) is 6.54 Å². The van der Waals surface area contributed by atoms with Gasteiger partial charge in [0.2, 0.25) is 5.91 Å². The van der Waals surface area contributed by atoms with Crippen LogP contribution in [0.3, 0.4) is 0 Å². The molecule has 1 fully saturated rings. The normalized spacial score (nSPS) is 26.2. The van der Waals surface area contributed by atoms with E-state index in [0.29, 0.717) is 12.0 Å². The lowest BCUT2D eigenvalue weighted by Crippen LogP contribution is -2.35. The summed E-state index contributed by atoms with van der Waals surface area (Å²) in [5, 5.41) is 2.90. The van der Waals surface area contributed by atoms with Crippen LogP contribution in [-0.2, 0) is 4.79 Å². The number of hydrogen-bond acceptors (Lipinski definition) is 1. The molecule has 1 N–H and O–H groups in total. The molecule has 92 valence electrons. The van der Waals surface area contributed by atoms with Gasteiger partial charge in [-0.05, 0) is 37.0 Å². The van der Waals surface area contributed by atoms with E-state index in [2.05, 4.69) is 32.7 Å². The molecule has 0 heterocycles. The molecule has 0 aromatic heterocycles. The Morgan fingerprint density at radius 2 is 1.88 bits per heavy atom. The molecule has 2 nitrogen and oxygen atoms in total. The molecular formula is C14H25NO. The predicted octanol–water partition coefficient (Wildman–Crippen LogP) is 3.14. The van der Waals surface area contributed by atoms with Gasteiger partial charge in [-0.15, -0.1) is 6.58 Å². The average Bonchev–Trinajstić information content (AvgIpc) is 2.25. The first kappa shape index (κ1) is 13.3. The van der Waals surface area contributed by atoms with Crippen LogP contribution in [0.1, 0.15) is 46.5 Å². The van der Waals surface area contributed by atoms with Crippen molar-refractivity contribution >= 4 is 5.91 Å². The van der Waals surface area contributed by atoms with E-state index in [1.807, 2.05) is 0 Å². The fourth-order valence-corrected chi connectivity index (χ4v) is 2.54. The Labute approximate surface area is 99.5 Å². The van der Waals surface area contributed by atoms with Gasteiger partial charge in [0.1, 0.15) is 0 Å². The molecular weight excluding hydrogens is 198 g/mol. The van der Waals surface area contributed by atoms with Crippen LogP contribution < -0.4 is 5.32 Å². The van der Waals surface area contributed by atoms with Crippen LogP contribution in [0, 0.1) is 17.3 Å². The second kappa shape index (κ2) is 5.51. The van der Waals surface area contributed by atoms with Crippen molar-refractivity contribution in [3.63, 3.8) is 0 Å². The van der Waals surface area contributed by atoms with Crippen molar-refractivity contribution in [1.82, 2.24) is 5.32 Å². The summed E-state index contributed by atoms with van der Waals surface area (Å²) in [6, 6.07) is 0. The number of carbonyl (C=O) groups excluding carboxylic acids is 1. The number of rotatable bonds is 3. The van der Waals surface area contributed by atoms with Gasteiger partial charge in [-0.25, -0.2) is 0 Å². The zero-order valence-electron chi connectivity index (χ0n) is 10.9. The van der Waals surface area contributed by atoms with Crippen molar-refractivity contribution in [1.29, 1.82) is 0 Å². The van der Waals surface area contributed by atoms with Gasteiger partial charge in [-0.1, -0.05) is 26.8 Å². The van der Waals surface area contributed by atoms with Gasteiger partial charge < -0.3 is 5.32 Å². The molecule has 0 bridgehead atoms. The molecule has 0 atom stereocenters. The molecule has 16 heavy (non-hydrogen) atoms. The highest BCUT2D eigenvalue weighted by Gasteiger charge is 2.31. The van der Waals surface area contributed by atoms with Crippen LogP contribution in [0.2, 0.25) is 0 Å². The van der Waals surface area contributed by atoms with E-state index in [1.165, 1.54) is 12.8 Å². The van der Waals surface area contributed by atoms with E-state index < -0.39 is 0 Å². The molecule has 2 heteroatoms. The van der Waals surface area contributed by atoms with E-state index >= 15 is 0 Å². The average molecular weight is 223 g/mol. The molecule has 1 aliphatic rings. The molecule has 1 aliphatic carbocycles. The molecule has 1 rings (SSSR count).